The SMILES string of the molecule is FCc1cccc(SN2CCCc3c(F)cc(-c4cccc(Cl)c4)cc32)c1. The molecular weight excluding hydrogens is 384 g/mol. The molecule has 5 heteroatoms. The van der Waals surface area contributed by atoms with Crippen LogP contribution in [0.5, 0.6) is 0 Å². The molecule has 3 aromatic rings. The summed E-state index contributed by atoms with van der Waals surface area (Å²) in [5.74, 6) is -0.190. The molecule has 0 radical (unpaired) electrons. The van der Waals surface area contributed by atoms with E-state index in [1.165, 1.54) is 11.9 Å². The molecule has 0 aromatic heterocycles. The molecule has 1 aliphatic rings. The molecule has 0 atom stereocenters. The minimum absolute atomic E-state index is 0.190. The third-order valence-electron chi connectivity index (χ3n) is 4.65. The summed E-state index contributed by atoms with van der Waals surface area (Å²) in [5.41, 5.74) is 3.96. The summed E-state index contributed by atoms with van der Waals surface area (Å²) in [7, 11) is 0. The normalized spacial score (nSPS) is 13.5. The lowest BCUT2D eigenvalue weighted by Crippen LogP contribution is -2.23. The number of anilines is 1. The monoisotopic (exact) mass is 401 g/mol. The van der Waals surface area contributed by atoms with Crippen LogP contribution < -0.4 is 4.31 Å². The van der Waals surface area contributed by atoms with Crippen LogP contribution in [0.25, 0.3) is 11.1 Å². The molecule has 3 aromatic carbocycles. The lowest BCUT2D eigenvalue weighted by atomic mass is 9.97. The van der Waals surface area contributed by atoms with Crippen molar-refractivity contribution in [3.8, 4) is 11.1 Å². The number of fused-ring (bicyclic) bond motifs is 1. The summed E-state index contributed by atoms with van der Waals surface area (Å²) >= 11 is 7.63. The van der Waals surface area contributed by atoms with Crippen molar-refractivity contribution < 1.29 is 8.78 Å². The molecule has 0 fully saturated rings. The number of alkyl halides is 1. The van der Waals surface area contributed by atoms with Crippen LogP contribution in [0, 0.1) is 5.82 Å². The molecule has 0 aliphatic carbocycles. The topological polar surface area (TPSA) is 3.24 Å². The summed E-state index contributed by atoms with van der Waals surface area (Å²) in [6, 6.07) is 18.5. The van der Waals surface area contributed by atoms with Crippen LogP contribution >= 0.6 is 23.5 Å². The van der Waals surface area contributed by atoms with Crippen LogP contribution in [-0.4, -0.2) is 6.54 Å². The third-order valence-corrected chi connectivity index (χ3v) is 5.95. The Hall–Kier alpha value is -2.04. The van der Waals surface area contributed by atoms with Crippen molar-refractivity contribution in [2.24, 2.45) is 0 Å². The lowest BCUT2D eigenvalue weighted by Gasteiger charge is -2.31. The first kappa shape index (κ1) is 18.3. The van der Waals surface area contributed by atoms with Crippen molar-refractivity contribution in [2.75, 3.05) is 10.8 Å². The Morgan fingerprint density at radius 3 is 2.67 bits per heavy atom. The summed E-state index contributed by atoms with van der Waals surface area (Å²) in [4.78, 5) is 0.951. The van der Waals surface area contributed by atoms with Crippen molar-refractivity contribution in [3.63, 3.8) is 0 Å². The highest BCUT2D eigenvalue weighted by Gasteiger charge is 2.22. The van der Waals surface area contributed by atoms with Gasteiger partial charge in [-0.1, -0.05) is 35.9 Å². The van der Waals surface area contributed by atoms with Gasteiger partial charge in [-0.2, -0.15) is 0 Å². The van der Waals surface area contributed by atoms with Gasteiger partial charge in [-0.25, -0.2) is 8.78 Å². The maximum absolute atomic E-state index is 14.8. The summed E-state index contributed by atoms with van der Waals surface area (Å²) in [5, 5.41) is 0.625. The first-order valence-corrected chi connectivity index (χ1v) is 9.98. The Morgan fingerprint density at radius 1 is 1.00 bits per heavy atom. The largest absolute Gasteiger partial charge is 0.312 e. The number of hydrogen-bond donors (Lipinski definition) is 0. The minimum Gasteiger partial charge on any atom is -0.312 e. The Bertz CT molecular complexity index is 976. The molecule has 4 rings (SSSR count). The van der Waals surface area contributed by atoms with E-state index in [0.29, 0.717) is 10.6 Å². The predicted molar refractivity (Wildman–Crippen MR) is 110 cm³/mol. The Kier molecular flexibility index (Phi) is 5.37. The quantitative estimate of drug-likeness (QED) is 0.430. The summed E-state index contributed by atoms with van der Waals surface area (Å²) in [6.45, 7) is 0.328. The molecule has 1 heterocycles. The first-order chi connectivity index (χ1) is 13.1. The van der Waals surface area contributed by atoms with Crippen LogP contribution in [0.2, 0.25) is 5.02 Å². The molecule has 0 spiro atoms. The molecular formula is C22H18ClF2NS. The molecule has 0 N–H and O–H groups in total. The van der Waals surface area contributed by atoms with Crippen molar-refractivity contribution in [1.82, 2.24) is 0 Å². The molecule has 138 valence electrons. The maximum atomic E-state index is 14.8. The van der Waals surface area contributed by atoms with Gasteiger partial charge < -0.3 is 4.31 Å². The lowest BCUT2D eigenvalue weighted by molar-refractivity contribution is 0.484. The molecule has 0 saturated carbocycles. The fourth-order valence-corrected chi connectivity index (χ4v) is 4.62. The second-order valence-corrected chi connectivity index (χ2v) is 8.08. The van der Waals surface area contributed by atoms with E-state index in [1.54, 1.807) is 18.2 Å². The van der Waals surface area contributed by atoms with Gasteiger partial charge in [-0.15, -0.1) is 0 Å². The van der Waals surface area contributed by atoms with Gasteiger partial charge in [0.05, 0.1) is 5.69 Å². The van der Waals surface area contributed by atoms with Crippen molar-refractivity contribution in [1.29, 1.82) is 0 Å². The van der Waals surface area contributed by atoms with Gasteiger partial charge in [0.25, 0.3) is 0 Å². The zero-order chi connectivity index (χ0) is 18.8. The molecule has 27 heavy (non-hydrogen) atoms. The molecule has 0 saturated heterocycles. The number of hydrogen-bond acceptors (Lipinski definition) is 2. The van der Waals surface area contributed by atoms with E-state index in [2.05, 4.69) is 4.31 Å². The zero-order valence-electron chi connectivity index (χ0n) is 14.6. The standard InChI is InChI=1S/C22H18ClF2NS/c23-18-6-2-5-16(11-18)17-12-21(25)20-8-3-9-26(22(20)13-17)27-19-7-1-4-15(10-19)14-24/h1-2,4-7,10-13H,3,8-9,14H2. The Morgan fingerprint density at radius 2 is 1.85 bits per heavy atom. The molecule has 0 amide bonds. The number of benzene rings is 3. The van der Waals surface area contributed by atoms with Crippen LogP contribution in [0.4, 0.5) is 14.5 Å². The van der Waals surface area contributed by atoms with Gasteiger partial charge >= 0.3 is 0 Å². The van der Waals surface area contributed by atoms with Gasteiger partial charge in [-0.3, -0.25) is 0 Å². The fourth-order valence-electron chi connectivity index (χ4n) is 3.35. The number of halogens is 3. The Balaban J connectivity index is 1.72. The first-order valence-electron chi connectivity index (χ1n) is 8.83. The van der Waals surface area contributed by atoms with Crippen LogP contribution in [0.3, 0.4) is 0 Å². The van der Waals surface area contributed by atoms with Gasteiger partial charge in [0, 0.05) is 22.0 Å². The van der Waals surface area contributed by atoms with E-state index in [4.69, 9.17) is 11.6 Å². The van der Waals surface area contributed by atoms with Crippen molar-refractivity contribution in [2.45, 2.75) is 24.4 Å². The molecule has 0 bridgehead atoms. The van der Waals surface area contributed by atoms with Gasteiger partial charge in [0.1, 0.15) is 12.5 Å². The number of rotatable bonds is 4. The average molecular weight is 402 g/mol. The van der Waals surface area contributed by atoms with Crippen LogP contribution in [-0.2, 0) is 13.1 Å². The average Bonchev–Trinajstić information content (AvgIpc) is 2.68. The molecule has 0 unspecified atom stereocenters. The minimum atomic E-state index is -0.488. The maximum Gasteiger partial charge on any atom is 0.129 e. The van der Waals surface area contributed by atoms with Crippen molar-refractivity contribution in [3.05, 3.63) is 82.6 Å². The second-order valence-electron chi connectivity index (χ2n) is 6.54. The van der Waals surface area contributed by atoms with Gasteiger partial charge in [0.15, 0.2) is 0 Å². The van der Waals surface area contributed by atoms with E-state index in [9.17, 15) is 8.78 Å². The van der Waals surface area contributed by atoms with Gasteiger partial charge in [-0.05, 0) is 77.9 Å². The zero-order valence-corrected chi connectivity index (χ0v) is 16.2. The third kappa shape index (κ3) is 3.97. The predicted octanol–water partition coefficient (Wildman–Crippen LogP) is 7.08. The van der Waals surface area contributed by atoms with Crippen molar-refractivity contribution >= 4 is 29.2 Å². The fraction of sp³-hybridized carbons (Fsp3) is 0.182. The van der Waals surface area contributed by atoms with E-state index >= 15 is 0 Å². The van der Waals surface area contributed by atoms with Gasteiger partial charge in [0.2, 0.25) is 0 Å². The van der Waals surface area contributed by atoms with E-state index < -0.39 is 6.67 Å². The second kappa shape index (κ2) is 7.91. The highest BCUT2D eigenvalue weighted by atomic mass is 35.5. The summed E-state index contributed by atoms with van der Waals surface area (Å²) < 4.78 is 29.9. The van der Waals surface area contributed by atoms with E-state index in [0.717, 1.165) is 46.7 Å². The smallest absolute Gasteiger partial charge is 0.129 e. The summed E-state index contributed by atoms with van der Waals surface area (Å²) in [6.07, 6.45) is 1.61. The van der Waals surface area contributed by atoms with E-state index in [1.807, 2.05) is 42.5 Å². The Labute approximate surface area is 167 Å². The number of nitrogens with zero attached hydrogens (tertiary/aromatic N) is 1. The highest BCUT2D eigenvalue weighted by molar-refractivity contribution is 8.00. The van der Waals surface area contributed by atoms with Crippen LogP contribution in [0.15, 0.2) is 65.6 Å². The van der Waals surface area contributed by atoms with E-state index in [-0.39, 0.29) is 5.82 Å². The molecule has 1 aliphatic heterocycles. The molecule has 1 nitrogen and oxygen atoms in total. The highest BCUT2D eigenvalue weighted by Crippen LogP contribution is 2.40. The van der Waals surface area contributed by atoms with Crippen LogP contribution in [0.1, 0.15) is 17.5 Å².